The largest absolute Gasteiger partial charge is 0.543 e. The predicted octanol–water partition coefficient (Wildman–Crippen LogP) is 6.26. The molecule has 8 heteroatoms. The van der Waals surface area contributed by atoms with Crippen LogP contribution in [0, 0.1) is 12.9 Å². The van der Waals surface area contributed by atoms with Crippen LogP contribution in [0.1, 0.15) is 76.0 Å². The molecule has 0 bridgehead atoms. The van der Waals surface area contributed by atoms with Crippen LogP contribution in [0.2, 0.25) is 16.6 Å². The lowest BCUT2D eigenvalue weighted by Gasteiger charge is -2.42. The number of nitrogens with zero attached hydrogens (tertiary/aromatic N) is 2. The van der Waals surface area contributed by atoms with Crippen LogP contribution >= 0.6 is 0 Å². The van der Waals surface area contributed by atoms with Crippen molar-refractivity contribution in [3.05, 3.63) is 53.1 Å². The van der Waals surface area contributed by atoms with Crippen LogP contribution in [0.4, 0.5) is 4.39 Å². The molecular formula is C29H43FN2O4Si. The van der Waals surface area contributed by atoms with E-state index in [9.17, 15) is 14.3 Å². The third-order valence-corrected chi connectivity index (χ3v) is 14.0. The van der Waals surface area contributed by atoms with E-state index in [2.05, 4.69) is 46.5 Å². The van der Waals surface area contributed by atoms with Gasteiger partial charge in [-0.05, 0) is 72.3 Å². The van der Waals surface area contributed by atoms with Crippen molar-refractivity contribution in [1.82, 2.24) is 9.88 Å². The van der Waals surface area contributed by atoms with E-state index in [0.717, 1.165) is 11.3 Å². The number of piperidine rings is 1. The summed E-state index contributed by atoms with van der Waals surface area (Å²) >= 11 is 0. The van der Waals surface area contributed by atoms with Crippen molar-refractivity contribution in [3.8, 4) is 11.5 Å². The minimum absolute atomic E-state index is 0.0359. The number of halogens is 1. The second-order valence-corrected chi connectivity index (χ2v) is 16.7. The molecule has 1 aromatic heterocycles. The molecule has 0 saturated carbocycles. The minimum Gasteiger partial charge on any atom is -0.543 e. The van der Waals surface area contributed by atoms with E-state index >= 15 is 0 Å². The zero-order valence-corrected chi connectivity index (χ0v) is 24.6. The standard InChI is InChI=1S/C29H43FN2O4Si/c1-19(2)37(20(3)4,21(5)6)36-25-10-9-23(17-22(25)7)24(33)18-32-15-13-29(34,14-16-32)27-12-11-26(35-8)28(30)31-27/h9-12,17,19-21,34H,13-16,18H2,1-8H3. The second kappa shape index (κ2) is 11.6. The SMILES string of the molecule is COc1ccc(C2(O)CCN(CC(=O)c3ccc(O[Si](C(C)C)(C(C)C)C(C)C)c(C)c3)CC2)nc1F. The molecule has 2 heterocycles. The second-order valence-electron chi connectivity index (χ2n) is 11.3. The van der Waals surface area contributed by atoms with Gasteiger partial charge in [0.2, 0.25) is 0 Å². The summed E-state index contributed by atoms with van der Waals surface area (Å²) in [4.78, 5) is 19.1. The van der Waals surface area contributed by atoms with E-state index in [-0.39, 0.29) is 18.1 Å². The smallest absolute Gasteiger partial charge is 0.258 e. The quantitative estimate of drug-likeness (QED) is 0.222. The average Bonchev–Trinajstić information content (AvgIpc) is 2.84. The Morgan fingerprint density at radius 3 is 2.11 bits per heavy atom. The number of ketones is 1. The number of aryl methyl sites for hydroxylation is 1. The molecule has 204 valence electrons. The average molecular weight is 531 g/mol. The minimum atomic E-state index is -2.08. The molecular weight excluding hydrogens is 487 g/mol. The fraction of sp³-hybridized carbons (Fsp3) is 0.586. The molecule has 1 aromatic carbocycles. The normalized spacial score (nSPS) is 16.5. The Hall–Kier alpha value is -2.29. The number of aliphatic hydroxyl groups is 1. The zero-order chi connectivity index (χ0) is 27.5. The highest BCUT2D eigenvalue weighted by atomic mass is 28.4. The van der Waals surface area contributed by atoms with E-state index in [1.54, 1.807) is 6.07 Å². The summed E-state index contributed by atoms with van der Waals surface area (Å²) < 4.78 is 25.8. The molecule has 6 nitrogen and oxygen atoms in total. The Morgan fingerprint density at radius 2 is 1.62 bits per heavy atom. The van der Waals surface area contributed by atoms with E-state index in [0.29, 0.717) is 53.8 Å². The van der Waals surface area contributed by atoms with Crippen molar-refractivity contribution in [3.63, 3.8) is 0 Å². The third-order valence-electron chi connectivity index (χ3n) is 8.05. The molecule has 1 aliphatic rings. The van der Waals surface area contributed by atoms with Crippen LogP contribution in [0.25, 0.3) is 0 Å². The molecule has 1 saturated heterocycles. The number of methoxy groups -OCH3 is 1. The summed E-state index contributed by atoms with van der Waals surface area (Å²) in [6.07, 6.45) is 0.744. The highest BCUT2D eigenvalue weighted by Gasteiger charge is 2.47. The third kappa shape index (κ3) is 6.07. The molecule has 1 N–H and O–H groups in total. The Balaban J connectivity index is 1.66. The molecule has 0 atom stereocenters. The van der Waals surface area contributed by atoms with Gasteiger partial charge < -0.3 is 14.3 Å². The van der Waals surface area contributed by atoms with Crippen molar-refractivity contribution in [1.29, 1.82) is 0 Å². The molecule has 37 heavy (non-hydrogen) atoms. The molecule has 1 fully saturated rings. The molecule has 0 amide bonds. The monoisotopic (exact) mass is 530 g/mol. The number of pyridine rings is 1. The highest BCUT2D eigenvalue weighted by Crippen LogP contribution is 2.43. The van der Waals surface area contributed by atoms with Crippen molar-refractivity contribution in [2.75, 3.05) is 26.7 Å². The van der Waals surface area contributed by atoms with Crippen LogP contribution in [-0.4, -0.2) is 55.8 Å². The molecule has 0 unspecified atom stereocenters. The lowest BCUT2D eigenvalue weighted by Crippen LogP contribution is -2.50. The molecule has 1 aliphatic heterocycles. The fourth-order valence-electron chi connectivity index (χ4n) is 5.95. The first kappa shape index (κ1) is 29.3. The van der Waals surface area contributed by atoms with Crippen molar-refractivity contribution < 1.29 is 23.5 Å². The van der Waals surface area contributed by atoms with Gasteiger partial charge in [0.25, 0.3) is 14.3 Å². The Bertz CT molecular complexity index is 1080. The van der Waals surface area contributed by atoms with Crippen LogP contribution in [0.3, 0.4) is 0 Å². The summed E-state index contributed by atoms with van der Waals surface area (Å²) in [6.45, 7) is 16.9. The van der Waals surface area contributed by atoms with Gasteiger partial charge in [-0.3, -0.25) is 9.69 Å². The first-order valence-corrected chi connectivity index (χ1v) is 15.5. The topological polar surface area (TPSA) is 71.9 Å². The number of ether oxygens (including phenoxy) is 1. The summed E-state index contributed by atoms with van der Waals surface area (Å²) in [5.41, 5.74) is 2.12. The van der Waals surface area contributed by atoms with E-state index in [4.69, 9.17) is 9.16 Å². The van der Waals surface area contributed by atoms with Gasteiger partial charge in [-0.2, -0.15) is 4.39 Å². The molecule has 0 spiro atoms. The fourth-order valence-corrected chi connectivity index (χ4v) is 11.3. The number of aromatic nitrogens is 1. The maximum atomic E-state index is 14.1. The Kier molecular flexibility index (Phi) is 9.19. The number of carbonyl (C=O) groups excluding carboxylic acids is 1. The summed E-state index contributed by atoms with van der Waals surface area (Å²) in [6, 6.07) is 8.84. The number of likely N-dealkylation sites (tertiary alicyclic amines) is 1. The van der Waals surface area contributed by atoms with Gasteiger partial charge in [-0.1, -0.05) is 41.5 Å². The first-order chi connectivity index (χ1) is 17.3. The van der Waals surface area contributed by atoms with E-state index in [1.165, 1.54) is 13.2 Å². The summed E-state index contributed by atoms with van der Waals surface area (Å²) in [7, 11) is -0.704. The van der Waals surface area contributed by atoms with Gasteiger partial charge >= 0.3 is 0 Å². The van der Waals surface area contributed by atoms with E-state index < -0.39 is 19.9 Å². The van der Waals surface area contributed by atoms with Gasteiger partial charge in [-0.15, -0.1) is 0 Å². The van der Waals surface area contributed by atoms with Crippen molar-refractivity contribution in [2.45, 2.75) is 83.5 Å². The summed E-state index contributed by atoms with van der Waals surface area (Å²) in [5, 5.41) is 11.1. The number of benzene rings is 1. The number of hydrogen-bond acceptors (Lipinski definition) is 6. The predicted molar refractivity (Wildman–Crippen MR) is 148 cm³/mol. The van der Waals surface area contributed by atoms with Crippen LogP contribution in [0.15, 0.2) is 30.3 Å². The van der Waals surface area contributed by atoms with Gasteiger partial charge in [0.1, 0.15) is 11.4 Å². The molecule has 3 rings (SSSR count). The zero-order valence-electron chi connectivity index (χ0n) is 23.6. The Morgan fingerprint density at radius 1 is 1.05 bits per heavy atom. The maximum absolute atomic E-state index is 14.1. The number of Topliss-reactive ketones (excluding diaryl/α,β-unsaturated/α-hetero) is 1. The van der Waals surface area contributed by atoms with Gasteiger partial charge in [0.05, 0.1) is 19.3 Å². The lowest BCUT2D eigenvalue weighted by atomic mass is 9.87. The maximum Gasteiger partial charge on any atom is 0.258 e. The first-order valence-electron chi connectivity index (χ1n) is 13.3. The van der Waals surface area contributed by atoms with Crippen LogP contribution in [0.5, 0.6) is 11.5 Å². The number of carbonyl (C=O) groups is 1. The van der Waals surface area contributed by atoms with Crippen molar-refractivity contribution in [2.24, 2.45) is 0 Å². The van der Waals surface area contributed by atoms with Crippen molar-refractivity contribution >= 4 is 14.1 Å². The molecule has 2 aromatic rings. The van der Waals surface area contributed by atoms with Gasteiger partial charge in [0, 0.05) is 18.7 Å². The Labute approximate surface area is 222 Å². The van der Waals surface area contributed by atoms with E-state index in [1.807, 2.05) is 30.0 Å². The highest BCUT2D eigenvalue weighted by molar-refractivity contribution is 6.78. The van der Waals surface area contributed by atoms with Gasteiger partial charge in [0.15, 0.2) is 11.5 Å². The van der Waals surface area contributed by atoms with Crippen LogP contribution in [-0.2, 0) is 5.60 Å². The lowest BCUT2D eigenvalue weighted by molar-refractivity contribution is -0.0285. The van der Waals surface area contributed by atoms with Gasteiger partial charge in [-0.25, -0.2) is 4.98 Å². The van der Waals surface area contributed by atoms with Crippen LogP contribution < -0.4 is 9.16 Å². The number of hydrogen-bond donors (Lipinski definition) is 1. The molecule has 0 aliphatic carbocycles. The summed E-state index contributed by atoms with van der Waals surface area (Å²) in [5.74, 6) is 0.229. The number of rotatable bonds is 10. The molecule has 0 radical (unpaired) electrons.